The molecule has 28 heavy (non-hydrogen) atoms. The molecular formula is C18H15N5O3S2. The van der Waals surface area contributed by atoms with Crippen molar-refractivity contribution in [2.24, 2.45) is 0 Å². The third-order valence-corrected chi connectivity index (χ3v) is 5.68. The molecule has 3 amide bonds. The van der Waals surface area contributed by atoms with E-state index < -0.39 is 0 Å². The average molecular weight is 413 g/mol. The van der Waals surface area contributed by atoms with Crippen LogP contribution in [0.3, 0.4) is 0 Å². The van der Waals surface area contributed by atoms with E-state index in [1.807, 2.05) is 22.2 Å². The fourth-order valence-electron chi connectivity index (χ4n) is 2.70. The van der Waals surface area contributed by atoms with Crippen LogP contribution in [-0.4, -0.2) is 49.4 Å². The number of hydrogen-bond donors (Lipinski definition) is 1. The summed E-state index contributed by atoms with van der Waals surface area (Å²) in [5.41, 5.74) is 1.43. The van der Waals surface area contributed by atoms with Gasteiger partial charge in [0.15, 0.2) is 4.96 Å². The first-order chi connectivity index (χ1) is 13.6. The van der Waals surface area contributed by atoms with Crippen molar-refractivity contribution in [1.29, 1.82) is 0 Å². The molecule has 0 unspecified atom stereocenters. The first-order valence-electron chi connectivity index (χ1n) is 8.43. The fourth-order valence-corrected chi connectivity index (χ4v) is 4.28. The van der Waals surface area contributed by atoms with Crippen LogP contribution < -0.4 is 5.32 Å². The van der Waals surface area contributed by atoms with Crippen LogP contribution in [0.25, 0.3) is 11.0 Å². The zero-order valence-electron chi connectivity index (χ0n) is 14.6. The molecule has 4 heterocycles. The van der Waals surface area contributed by atoms with Crippen molar-refractivity contribution in [1.82, 2.24) is 24.6 Å². The van der Waals surface area contributed by atoms with E-state index in [9.17, 15) is 14.4 Å². The van der Waals surface area contributed by atoms with Gasteiger partial charge in [-0.05, 0) is 29.5 Å². The number of thioether (sulfide) groups is 1. The lowest BCUT2D eigenvalue weighted by Gasteiger charge is -2.12. The Kier molecular flexibility index (Phi) is 5.22. The zero-order valence-corrected chi connectivity index (χ0v) is 16.2. The van der Waals surface area contributed by atoms with E-state index >= 15 is 0 Å². The van der Waals surface area contributed by atoms with Gasteiger partial charge in [-0.1, -0.05) is 6.07 Å². The first kappa shape index (κ1) is 18.4. The van der Waals surface area contributed by atoms with Gasteiger partial charge in [0.25, 0.3) is 11.1 Å². The van der Waals surface area contributed by atoms with Crippen LogP contribution in [0.2, 0.25) is 0 Å². The Balaban J connectivity index is 1.30. The Hall–Kier alpha value is -2.98. The highest BCUT2D eigenvalue weighted by Gasteiger charge is 2.34. The van der Waals surface area contributed by atoms with Gasteiger partial charge in [-0.3, -0.25) is 28.7 Å². The Bertz CT molecular complexity index is 1040. The quantitative estimate of drug-likeness (QED) is 0.622. The van der Waals surface area contributed by atoms with Gasteiger partial charge in [0.2, 0.25) is 5.91 Å². The highest BCUT2D eigenvalue weighted by molar-refractivity contribution is 8.18. The maximum Gasteiger partial charge on any atom is 0.293 e. The van der Waals surface area contributed by atoms with Crippen LogP contribution in [0.15, 0.2) is 47.2 Å². The van der Waals surface area contributed by atoms with Gasteiger partial charge in [-0.15, -0.1) is 11.3 Å². The Morgan fingerprint density at radius 1 is 1.32 bits per heavy atom. The number of fused-ring (bicyclic) bond motifs is 1. The molecule has 0 radical (unpaired) electrons. The average Bonchev–Trinajstić information content (AvgIpc) is 3.32. The number of carbonyl (C=O) groups is 3. The number of imide groups is 1. The fraction of sp³-hybridized carbons (Fsp3) is 0.167. The van der Waals surface area contributed by atoms with Gasteiger partial charge in [-0.2, -0.15) is 0 Å². The third kappa shape index (κ3) is 3.97. The van der Waals surface area contributed by atoms with E-state index in [-0.39, 0.29) is 36.6 Å². The molecule has 0 aliphatic carbocycles. The molecule has 0 aromatic carbocycles. The molecule has 4 rings (SSSR count). The summed E-state index contributed by atoms with van der Waals surface area (Å²) in [6.07, 6.45) is 8.74. The van der Waals surface area contributed by atoms with Crippen molar-refractivity contribution in [3.8, 4) is 0 Å². The maximum absolute atomic E-state index is 12.4. The Morgan fingerprint density at radius 3 is 3.00 bits per heavy atom. The second-order valence-electron chi connectivity index (χ2n) is 5.97. The minimum absolute atomic E-state index is 0.124. The SMILES string of the molecule is O=C(Cc1cn2ccsc2n1)NCCN1C(=O)S/C(=C/c2cccnc2)C1=O. The van der Waals surface area contributed by atoms with Crippen molar-refractivity contribution in [3.63, 3.8) is 0 Å². The molecule has 0 atom stereocenters. The number of hydrogen-bond acceptors (Lipinski definition) is 7. The monoisotopic (exact) mass is 413 g/mol. The third-order valence-electron chi connectivity index (χ3n) is 4.00. The van der Waals surface area contributed by atoms with Crippen LogP contribution in [-0.2, 0) is 16.0 Å². The molecular weight excluding hydrogens is 398 g/mol. The molecule has 3 aromatic heterocycles. The molecule has 1 aliphatic rings. The van der Waals surface area contributed by atoms with Crippen molar-refractivity contribution in [2.75, 3.05) is 13.1 Å². The maximum atomic E-state index is 12.4. The van der Waals surface area contributed by atoms with E-state index in [2.05, 4.69) is 15.3 Å². The molecule has 0 bridgehead atoms. The number of thiazole rings is 1. The summed E-state index contributed by atoms with van der Waals surface area (Å²) in [5.74, 6) is -0.564. The molecule has 1 aliphatic heterocycles. The summed E-state index contributed by atoms with van der Waals surface area (Å²) in [6, 6.07) is 3.57. The Morgan fingerprint density at radius 2 is 2.21 bits per heavy atom. The number of carbonyl (C=O) groups excluding carboxylic acids is 3. The van der Waals surface area contributed by atoms with E-state index in [0.29, 0.717) is 10.6 Å². The highest BCUT2D eigenvalue weighted by atomic mass is 32.2. The largest absolute Gasteiger partial charge is 0.354 e. The molecule has 3 aromatic rings. The normalized spacial score (nSPS) is 15.7. The summed E-state index contributed by atoms with van der Waals surface area (Å²) in [6.45, 7) is 0.318. The Labute approximate surface area is 168 Å². The number of aromatic nitrogens is 3. The predicted octanol–water partition coefficient (Wildman–Crippen LogP) is 2.19. The first-order valence-corrected chi connectivity index (χ1v) is 10.1. The van der Waals surface area contributed by atoms with Crippen molar-refractivity contribution in [2.45, 2.75) is 6.42 Å². The van der Waals surface area contributed by atoms with Crippen molar-refractivity contribution in [3.05, 3.63) is 58.5 Å². The molecule has 10 heteroatoms. The number of pyridine rings is 1. The number of imidazole rings is 1. The highest BCUT2D eigenvalue weighted by Crippen LogP contribution is 2.31. The topological polar surface area (TPSA) is 96.7 Å². The van der Waals surface area contributed by atoms with Gasteiger partial charge in [-0.25, -0.2) is 4.98 Å². The summed E-state index contributed by atoms with van der Waals surface area (Å²) in [4.78, 5) is 47.3. The van der Waals surface area contributed by atoms with Crippen molar-refractivity contribution < 1.29 is 14.4 Å². The predicted molar refractivity (Wildman–Crippen MR) is 107 cm³/mol. The molecule has 0 saturated carbocycles. The summed E-state index contributed by atoms with van der Waals surface area (Å²) in [7, 11) is 0. The second kappa shape index (κ2) is 7.95. The smallest absolute Gasteiger partial charge is 0.293 e. The summed E-state index contributed by atoms with van der Waals surface area (Å²) >= 11 is 2.39. The van der Waals surface area contributed by atoms with Gasteiger partial charge in [0.05, 0.1) is 17.0 Å². The molecule has 1 N–H and O–H groups in total. The zero-order chi connectivity index (χ0) is 19.5. The standard InChI is InChI=1S/C18H15N5O3S2/c24-15(9-13-11-22-6-7-27-17(22)21-13)20-4-5-23-16(25)14(28-18(23)26)8-12-2-1-3-19-10-12/h1-3,6-8,10-11H,4-5,9H2,(H,20,24)/b14-8+. The van der Waals surface area contributed by atoms with E-state index in [4.69, 9.17) is 0 Å². The summed E-state index contributed by atoms with van der Waals surface area (Å²) < 4.78 is 1.86. The molecule has 1 fully saturated rings. The lowest BCUT2D eigenvalue weighted by atomic mass is 10.2. The van der Waals surface area contributed by atoms with E-state index in [1.165, 1.54) is 11.3 Å². The number of amides is 3. The summed E-state index contributed by atoms with van der Waals surface area (Å²) in [5, 5.41) is 4.31. The van der Waals surface area contributed by atoms with E-state index in [0.717, 1.165) is 27.2 Å². The van der Waals surface area contributed by atoms with Gasteiger partial charge in [0.1, 0.15) is 0 Å². The minimum atomic E-state index is -0.359. The van der Waals surface area contributed by atoms with Crippen LogP contribution in [0, 0.1) is 0 Å². The van der Waals surface area contributed by atoms with Gasteiger partial charge in [0, 0.05) is 43.3 Å². The lowest BCUT2D eigenvalue weighted by Crippen LogP contribution is -2.37. The van der Waals surface area contributed by atoms with Crippen LogP contribution in [0.5, 0.6) is 0 Å². The van der Waals surface area contributed by atoms with Crippen LogP contribution in [0.4, 0.5) is 4.79 Å². The minimum Gasteiger partial charge on any atom is -0.354 e. The second-order valence-corrected chi connectivity index (χ2v) is 7.84. The van der Waals surface area contributed by atoms with Gasteiger partial charge < -0.3 is 5.32 Å². The van der Waals surface area contributed by atoms with Crippen LogP contribution in [0.1, 0.15) is 11.3 Å². The lowest BCUT2D eigenvalue weighted by molar-refractivity contribution is -0.124. The number of nitrogens with one attached hydrogen (secondary N) is 1. The number of rotatable bonds is 6. The van der Waals surface area contributed by atoms with Crippen molar-refractivity contribution >= 4 is 51.2 Å². The van der Waals surface area contributed by atoms with E-state index in [1.54, 1.807) is 30.6 Å². The van der Waals surface area contributed by atoms with Gasteiger partial charge >= 0.3 is 0 Å². The molecule has 0 spiro atoms. The van der Waals surface area contributed by atoms with Crippen LogP contribution >= 0.6 is 23.1 Å². The molecule has 1 saturated heterocycles. The number of nitrogens with zero attached hydrogens (tertiary/aromatic N) is 4. The molecule has 8 nitrogen and oxygen atoms in total. The molecule has 142 valence electrons.